The highest BCUT2D eigenvalue weighted by molar-refractivity contribution is 14.0. The highest BCUT2D eigenvalue weighted by atomic mass is 127. The number of hydrogen-bond donors (Lipinski definition) is 2. The van der Waals surface area contributed by atoms with Crippen LogP contribution in [0.1, 0.15) is 39.0 Å². The van der Waals surface area contributed by atoms with Crippen LogP contribution in [-0.2, 0) is 4.74 Å². The minimum Gasteiger partial charge on any atom is -0.373 e. The zero-order valence-electron chi connectivity index (χ0n) is 17.4. The molecule has 3 aliphatic heterocycles. The van der Waals surface area contributed by atoms with E-state index in [1.54, 1.807) is 6.33 Å². The number of halogens is 1. The molecule has 0 radical (unpaired) electrons. The first-order valence-corrected chi connectivity index (χ1v) is 10.9. The molecule has 3 saturated heterocycles. The zero-order valence-corrected chi connectivity index (χ0v) is 19.7. The van der Waals surface area contributed by atoms with Gasteiger partial charge in [0.2, 0.25) is 5.65 Å². The zero-order chi connectivity index (χ0) is 19.6. The van der Waals surface area contributed by atoms with E-state index in [-0.39, 0.29) is 24.0 Å². The summed E-state index contributed by atoms with van der Waals surface area (Å²) in [4.78, 5) is 11.8. The molecule has 30 heavy (non-hydrogen) atoms. The SMILES string of the molecule is CCNC(=NCC1CCCN(c2nccn3cnnc23)C1)NC1CC2CCC1O2.I. The van der Waals surface area contributed by atoms with Gasteiger partial charge in [0, 0.05) is 38.6 Å². The van der Waals surface area contributed by atoms with Crippen LogP contribution in [0.15, 0.2) is 23.7 Å². The molecule has 4 atom stereocenters. The van der Waals surface area contributed by atoms with Crippen LogP contribution in [-0.4, -0.2) is 70.0 Å². The van der Waals surface area contributed by atoms with Gasteiger partial charge >= 0.3 is 0 Å². The lowest BCUT2D eigenvalue weighted by atomic mass is 9.95. The van der Waals surface area contributed by atoms with Gasteiger partial charge in [0.1, 0.15) is 6.33 Å². The molecule has 2 aromatic rings. The highest BCUT2D eigenvalue weighted by Crippen LogP contribution is 2.34. The van der Waals surface area contributed by atoms with E-state index in [1.165, 1.54) is 19.3 Å². The average molecular weight is 526 g/mol. The van der Waals surface area contributed by atoms with E-state index in [2.05, 4.69) is 37.6 Å². The molecule has 2 N–H and O–H groups in total. The molecule has 0 spiro atoms. The van der Waals surface area contributed by atoms with Crippen molar-refractivity contribution in [3.05, 3.63) is 18.7 Å². The maximum absolute atomic E-state index is 5.98. The molecule has 5 heterocycles. The van der Waals surface area contributed by atoms with Gasteiger partial charge in [-0.25, -0.2) is 4.98 Å². The van der Waals surface area contributed by atoms with Crippen LogP contribution in [0.25, 0.3) is 5.65 Å². The molecular weight excluding hydrogens is 495 g/mol. The van der Waals surface area contributed by atoms with Crippen LogP contribution in [0, 0.1) is 5.92 Å². The number of piperidine rings is 1. The van der Waals surface area contributed by atoms with Crippen molar-refractivity contribution in [3.8, 4) is 0 Å². The predicted molar refractivity (Wildman–Crippen MR) is 127 cm³/mol. The molecule has 2 bridgehead atoms. The number of hydrogen-bond acceptors (Lipinski definition) is 6. The Labute approximate surface area is 194 Å². The van der Waals surface area contributed by atoms with Crippen molar-refractivity contribution in [2.75, 3.05) is 31.1 Å². The summed E-state index contributed by atoms with van der Waals surface area (Å²) in [5, 5.41) is 15.3. The van der Waals surface area contributed by atoms with Crippen LogP contribution in [0.3, 0.4) is 0 Å². The minimum absolute atomic E-state index is 0. The second-order valence-corrected chi connectivity index (χ2v) is 8.35. The molecule has 3 fully saturated rings. The Balaban J connectivity index is 0.00000218. The Bertz CT molecular complexity index is 873. The maximum atomic E-state index is 5.98. The van der Waals surface area contributed by atoms with Crippen molar-refractivity contribution in [2.45, 2.75) is 57.3 Å². The Morgan fingerprint density at radius 2 is 2.27 bits per heavy atom. The van der Waals surface area contributed by atoms with E-state index in [9.17, 15) is 0 Å². The normalized spacial score (nSPS) is 28.6. The second kappa shape index (κ2) is 9.63. The number of aliphatic imine (C=N–C) groups is 1. The number of guanidine groups is 1. The summed E-state index contributed by atoms with van der Waals surface area (Å²) in [5.41, 5.74) is 0.822. The van der Waals surface area contributed by atoms with E-state index in [0.29, 0.717) is 24.2 Å². The third kappa shape index (κ3) is 4.48. The number of aromatic nitrogens is 4. The second-order valence-electron chi connectivity index (χ2n) is 8.35. The van der Waals surface area contributed by atoms with Crippen molar-refractivity contribution in [1.29, 1.82) is 0 Å². The minimum atomic E-state index is 0. The van der Waals surface area contributed by atoms with Crippen molar-refractivity contribution in [3.63, 3.8) is 0 Å². The molecule has 5 rings (SSSR count). The van der Waals surface area contributed by atoms with Crippen LogP contribution in [0.2, 0.25) is 0 Å². The Hall–Kier alpha value is -1.69. The van der Waals surface area contributed by atoms with Gasteiger partial charge < -0.3 is 20.3 Å². The molecule has 9 nitrogen and oxygen atoms in total. The summed E-state index contributed by atoms with van der Waals surface area (Å²) < 4.78 is 7.90. The van der Waals surface area contributed by atoms with Gasteiger partial charge in [0.05, 0.1) is 18.2 Å². The summed E-state index contributed by atoms with van der Waals surface area (Å²) in [6.45, 7) is 5.73. The third-order valence-electron chi connectivity index (χ3n) is 6.30. The number of anilines is 1. The van der Waals surface area contributed by atoms with E-state index >= 15 is 0 Å². The van der Waals surface area contributed by atoms with E-state index < -0.39 is 0 Å². The number of rotatable bonds is 5. The van der Waals surface area contributed by atoms with E-state index in [4.69, 9.17) is 9.73 Å². The Kier molecular flexibility index (Phi) is 6.91. The molecule has 4 unspecified atom stereocenters. The fourth-order valence-corrected chi connectivity index (χ4v) is 4.88. The van der Waals surface area contributed by atoms with E-state index in [0.717, 1.165) is 56.4 Å². The monoisotopic (exact) mass is 526 g/mol. The van der Waals surface area contributed by atoms with Crippen LogP contribution >= 0.6 is 24.0 Å². The molecule has 3 aliphatic rings. The topological polar surface area (TPSA) is 92.0 Å². The summed E-state index contributed by atoms with van der Waals surface area (Å²) in [6.07, 6.45) is 12.0. The van der Waals surface area contributed by atoms with Crippen LogP contribution < -0.4 is 15.5 Å². The first kappa shape index (κ1) is 21.5. The molecule has 2 aromatic heterocycles. The lowest BCUT2D eigenvalue weighted by Crippen LogP contribution is -2.47. The Morgan fingerprint density at radius 3 is 3.07 bits per heavy atom. The molecule has 0 saturated carbocycles. The highest BCUT2D eigenvalue weighted by Gasteiger charge is 2.41. The van der Waals surface area contributed by atoms with Gasteiger partial charge in [0.25, 0.3) is 0 Å². The van der Waals surface area contributed by atoms with Gasteiger partial charge in [-0.05, 0) is 44.9 Å². The first-order chi connectivity index (χ1) is 14.3. The smallest absolute Gasteiger partial charge is 0.203 e. The molecular formula is C20H31IN8O. The summed E-state index contributed by atoms with van der Waals surface area (Å²) in [6, 6.07) is 0.393. The summed E-state index contributed by atoms with van der Waals surface area (Å²) >= 11 is 0. The van der Waals surface area contributed by atoms with Crippen LogP contribution in [0.5, 0.6) is 0 Å². The Morgan fingerprint density at radius 1 is 1.33 bits per heavy atom. The molecule has 164 valence electrons. The number of fused-ring (bicyclic) bond motifs is 3. The van der Waals surface area contributed by atoms with Gasteiger partial charge in [0.15, 0.2) is 11.8 Å². The molecule has 0 aliphatic carbocycles. The predicted octanol–water partition coefficient (Wildman–Crippen LogP) is 1.83. The summed E-state index contributed by atoms with van der Waals surface area (Å²) in [7, 11) is 0. The maximum Gasteiger partial charge on any atom is 0.203 e. The standard InChI is InChI=1S/C20H30N8O.HI/c1-2-21-20(25-16-10-15-5-6-17(16)29-15)23-11-14-4-3-8-27(12-14)18-19-26-24-13-28(19)9-7-22-18;/h7,9,13-17H,2-6,8,10-12H2,1H3,(H2,21,23,25);1H. The molecule has 10 heteroatoms. The lowest BCUT2D eigenvalue weighted by Gasteiger charge is -2.33. The lowest BCUT2D eigenvalue weighted by molar-refractivity contribution is 0.0992. The first-order valence-electron chi connectivity index (χ1n) is 10.9. The quantitative estimate of drug-likeness (QED) is 0.349. The van der Waals surface area contributed by atoms with E-state index in [1.807, 2.05) is 16.8 Å². The van der Waals surface area contributed by atoms with Crippen molar-refractivity contribution in [2.24, 2.45) is 10.9 Å². The van der Waals surface area contributed by atoms with Gasteiger partial charge in [-0.1, -0.05) is 0 Å². The number of nitrogens with one attached hydrogen (secondary N) is 2. The number of ether oxygens (including phenoxy) is 1. The van der Waals surface area contributed by atoms with Crippen molar-refractivity contribution >= 4 is 41.4 Å². The van der Waals surface area contributed by atoms with Crippen molar-refractivity contribution in [1.82, 2.24) is 30.2 Å². The largest absolute Gasteiger partial charge is 0.373 e. The average Bonchev–Trinajstić information content (AvgIpc) is 3.49. The van der Waals surface area contributed by atoms with Crippen LogP contribution in [0.4, 0.5) is 5.82 Å². The molecule has 0 amide bonds. The number of nitrogens with zero attached hydrogens (tertiary/aromatic N) is 6. The van der Waals surface area contributed by atoms with Gasteiger partial charge in [-0.15, -0.1) is 34.2 Å². The molecule has 0 aromatic carbocycles. The van der Waals surface area contributed by atoms with Crippen molar-refractivity contribution < 1.29 is 4.74 Å². The third-order valence-corrected chi connectivity index (χ3v) is 6.30. The van der Waals surface area contributed by atoms with Gasteiger partial charge in [-0.3, -0.25) is 9.39 Å². The summed E-state index contributed by atoms with van der Waals surface area (Å²) in [5.74, 6) is 2.34. The fraction of sp³-hybridized carbons (Fsp3) is 0.700. The fourth-order valence-electron chi connectivity index (χ4n) is 4.88. The van der Waals surface area contributed by atoms with Gasteiger partial charge in [-0.2, -0.15) is 0 Å².